The van der Waals surface area contributed by atoms with Crippen LogP contribution in [0.25, 0.3) is 10.9 Å². The van der Waals surface area contributed by atoms with E-state index in [1.165, 1.54) is 30.3 Å². The number of amides is 2. The van der Waals surface area contributed by atoms with E-state index in [2.05, 4.69) is 4.98 Å². The zero-order chi connectivity index (χ0) is 25.1. The molecule has 0 unspecified atom stereocenters. The minimum absolute atomic E-state index is 0.00234. The van der Waals surface area contributed by atoms with Crippen molar-refractivity contribution in [3.05, 3.63) is 45.1 Å². The van der Waals surface area contributed by atoms with Gasteiger partial charge in [-0.25, -0.2) is 4.79 Å². The van der Waals surface area contributed by atoms with Crippen molar-refractivity contribution in [3.8, 4) is 0 Å². The molecule has 8 nitrogen and oxygen atoms in total. The van der Waals surface area contributed by atoms with E-state index in [-0.39, 0.29) is 34.9 Å². The number of hydrogen-bond donors (Lipinski definition) is 1. The summed E-state index contributed by atoms with van der Waals surface area (Å²) in [5.74, 6) is 1.38. The first-order valence-corrected chi connectivity index (χ1v) is 13.8. The van der Waals surface area contributed by atoms with Gasteiger partial charge in [-0.05, 0) is 56.1 Å². The van der Waals surface area contributed by atoms with Crippen LogP contribution in [-0.2, 0) is 16.1 Å². The van der Waals surface area contributed by atoms with E-state index in [4.69, 9.17) is 0 Å². The van der Waals surface area contributed by atoms with Crippen molar-refractivity contribution in [1.82, 2.24) is 19.4 Å². The summed E-state index contributed by atoms with van der Waals surface area (Å²) in [5, 5.41) is 0.525. The summed E-state index contributed by atoms with van der Waals surface area (Å²) in [6.07, 6.45) is 10.0. The van der Waals surface area contributed by atoms with Gasteiger partial charge in [-0.15, -0.1) is 0 Å². The van der Waals surface area contributed by atoms with Crippen LogP contribution in [0, 0.1) is 17.8 Å². The average molecular weight is 495 g/mol. The molecule has 1 N–H and O–H groups in total. The summed E-state index contributed by atoms with van der Waals surface area (Å²) in [6, 6.07) is 7.08. The Morgan fingerprint density at radius 2 is 1.50 bits per heavy atom. The Bertz CT molecular complexity index is 1200. The van der Waals surface area contributed by atoms with Crippen LogP contribution in [0.3, 0.4) is 0 Å². The zero-order valence-corrected chi connectivity index (χ0v) is 21.1. The molecule has 0 bridgehead atoms. The molecule has 8 heteroatoms. The van der Waals surface area contributed by atoms with Gasteiger partial charge in [0.25, 0.3) is 5.56 Å². The van der Waals surface area contributed by atoms with Crippen molar-refractivity contribution in [2.75, 3.05) is 26.2 Å². The first-order chi connectivity index (χ1) is 17.5. The maximum atomic E-state index is 13.2. The lowest BCUT2D eigenvalue weighted by Crippen LogP contribution is -2.52. The number of H-pyrrole nitrogens is 1. The molecule has 1 aliphatic heterocycles. The molecule has 0 radical (unpaired) electrons. The number of carbonyl (C=O) groups is 2. The summed E-state index contributed by atoms with van der Waals surface area (Å²) in [4.78, 5) is 57.8. The molecule has 2 saturated carbocycles. The van der Waals surface area contributed by atoms with Crippen LogP contribution in [0.15, 0.2) is 33.9 Å². The molecule has 2 aromatic rings. The van der Waals surface area contributed by atoms with E-state index in [0.29, 0.717) is 50.0 Å². The zero-order valence-electron chi connectivity index (χ0n) is 21.1. The molecule has 36 heavy (non-hydrogen) atoms. The molecule has 5 rings (SSSR count). The van der Waals surface area contributed by atoms with Gasteiger partial charge in [0, 0.05) is 45.1 Å². The van der Waals surface area contributed by atoms with Crippen LogP contribution in [0.2, 0.25) is 0 Å². The van der Waals surface area contributed by atoms with Crippen molar-refractivity contribution in [1.29, 1.82) is 0 Å². The number of nitrogens with one attached hydrogen (secondary N) is 1. The number of nitrogens with zero attached hydrogens (tertiary/aromatic N) is 3. The second-order valence-electron chi connectivity index (χ2n) is 11.0. The summed E-state index contributed by atoms with van der Waals surface area (Å²) in [7, 11) is 0. The number of aromatic amines is 1. The maximum absolute atomic E-state index is 13.2. The summed E-state index contributed by atoms with van der Waals surface area (Å²) >= 11 is 0. The fourth-order valence-corrected chi connectivity index (χ4v) is 6.43. The van der Waals surface area contributed by atoms with Crippen molar-refractivity contribution >= 4 is 22.7 Å². The normalized spacial score (nSPS) is 23.3. The second kappa shape index (κ2) is 11.0. The van der Waals surface area contributed by atoms with Crippen LogP contribution in [0.5, 0.6) is 0 Å². The Morgan fingerprint density at radius 1 is 0.833 bits per heavy atom. The van der Waals surface area contributed by atoms with Crippen LogP contribution < -0.4 is 11.2 Å². The average Bonchev–Trinajstić information content (AvgIpc) is 3.43. The molecule has 0 atom stereocenters. The number of piperazine rings is 1. The number of rotatable bonds is 6. The van der Waals surface area contributed by atoms with Gasteiger partial charge in [0.1, 0.15) is 0 Å². The molecule has 2 aliphatic carbocycles. The minimum atomic E-state index is -0.368. The number of fused-ring (bicyclic) bond motifs is 1. The van der Waals surface area contributed by atoms with Crippen molar-refractivity contribution in [3.63, 3.8) is 0 Å². The predicted octanol–water partition coefficient (Wildman–Crippen LogP) is 3.14. The van der Waals surface area contributed by atoms with Gasteiger partial charge in [0.05, 0.1) is 10.9 Å². The fraction of sp³-hybridized carbons (Fsp3) is 0.643. The molecular formula is C28H38N4O4. The maximum Gasteiger partial charge on any atom is 0.328 e. The van der Waals surface area contributed by atoms with Crippen molar-refractivity contribution in [2.45, 2.75) is 70.8 Å². The van der Waals surface area contributed by atoms with Crippen molar-refractivity contribution in [2.24, 2.45) is 17.8 Å². The highest BCUT2D eigenvalue weighted by atomic mass is 16.2. The van der Waals surface area contributed by atoms with E-state index in [1.54, 1.807) is 24.3 Å². The molecule has 3 fully saturated rings. The van der Waals surface area contributed by atoms with E-state index in [0.717, 1.165) is 38.0 Å². The standard InChI is InChI=1S/C28H38N4O4/c33-25(14-11-20-5-1-2-6-20)30-15-17-31(18-16-30)26(34)22-12-9-21(10-13-22)19-32-27(35)23-7-3-4-8-24(23)29-28(32)36/h3-4,7-8,20-22H,1-2,5-6,9-19H2,(H,29,36)/t21-,22-. The van der Waals surface area contributed by atoms with Gasteiger partial charge in [0.15, 0.2) is 0 Å². The summed E-state index contributed by atoms with van der Waals surface area (Å²) < 4.78 is 1.32. The number of carbonyl (C=O) groups excluding carboxylic acids is 2. The SMILES string of the molecule is O=C(CCC1CCCC1)N1CCN(C(=O)[C@H]2CC[C@H](Cn3c(=O)[nH]c4ccccc4c3=O)CC2)CC1. The largest absolute Gasteiger partial charge is 0.339 e. The summed E-state index contributed by atoms with van der Waals surface area (Å²) in [6.45, 7) is 2.91. The number of aromatic nitrogens is 2. The molecule has 1 aromatic heterocycles. The first-order valence-electron chi connectivity index (χ1n) is 13.8. The highest BCUT2D eigenvalue weighted by molar-refractivity contribution is 5.80. The predicted molar refractivity (Wildman–Crippen MR) is 139 cm³/mol. The third kappa shape index (κ3) is 5.42. The van der Waals surface area contributed by atoms with Gasteiger partial charge in [-0.1, -0.05) is 37.8 Å². The minimum Gasteiger partial charge on any atom is -0.339 e. The van der Waals surface area contributed by atoms with Gasteiger partial charge in [-0.3, -0.25) is 19.0 Å². The van der Waals surface area contributed by atoms with Crippen LogP contribution in [0.1, 0.15) is 64.2 Å². The van der Waals surface area contributed by atoms with E-state index in [1.807, 2.05) is 9.80 Å². The molecule has 3 aliphatic rings. The molecule has 2 amide bonds. The first kappa shape index (κ1) is 24.8. The van der Waals surface area contributed by atoms with Gasteiger partial charge >= 0.3 is 5.69 Å². The topological polar surface area (TPSA) is 95.5 Å². The van der Waals surface area contributed by atoms with Gasteiger partial charge in [-0.2, -0.15) is 0 Å². The second-order valence-corrected chi connectivity index (χ2v) is 11.0. The van der Waals surface area contributed by atoms with E-state index in [9.17, 15) is 19.2 Å². The molecular weight excluding hydrogens is 456 g/mol. The molecule has 0 spiro atoms. The smallest absolute Gasteiger partial charge is 0.328 e. The van der Waals surface area contributed by atoms with Gasteiger partial charge in [0.2, 0.25) is 11.8 Å². The fourth-order valence-electron chi connectivity index (χ4n) is 6.43. The number of para-hydroxylation sites is 1. The Morgan fingerprint density at radius 3 is 2.22 bits per heavy atom. The Balaban J connectivity index is 1.09. The highest BCUT2D eigenvalue weighted by Gasteiger charge is 2.32. The monoisotopic (exact) mass is 494 g/mol. The Hall–Kier alpha value is -2.90. The Kier molecular flexibility index (Phi) is 7.58. The summed E-state index contributed by atoms with van der Waals surface area (Å²) in [5.41, 5.74) is -0.0514. The number of benzene rings is 1. The quantitative estimate of drug-likeness (QED) is 0.667. The van der Waals surface area contributed by atoms with Crippen LogP contribution >= 0.6 is 0 Å². The van der Waals surface area contributed by atoms with Crippen molar-refractivity contribution < 1.29 is 9.59 Å². The third-order valence-corrected chi connectivity index (χ3v) is 8.71. The van der Waals surface area contributed by atoms with Gasteiger partial charge < -0.3 is 14.8 Å². The highest BCUT2D eigenvalue weighted by Crippen LogP contribution is 2.31. The molecule has 1 aromatic carbocycles. The molecule has 194 valence electrons. The van der Waals surface area contributed by atoms with E-state index >= 15 is 0 Å². The molecule has 2 heterocycles. The van der Waals surface area contributed by atoms with Crippen LogP contribution in [-0.4, -0.2) is 57.3 Å². The lowest BCUT2D eigenvalue weighted by molar-refractivity contribution is -0.143. The Labute approximate surface area is 211 Å². The van der Waals surface area contributed by atoms with Crippen LogP contribution in [0.4, 0.5) is 0 Å². The lowest BCUT2D eigenvalue weighted by Gasteiger charge is -2.38. The van der Waals surface area contributed by atoms with E-state index < -0.39 is 0 Å². The third-order valence-electron chi connectivity index (χ3n) is 8.71. The lowest BCUT2D eigenvalue weighted by atomic mass is 9.81. The number of hydrogen-bond acceptors (Lipinski definition) is 4. The molecule has 1 saturated heterocycles.